The number of ether oxygens (including phenoxy) is 1. The van der Waals surface area contributed by atoms with Crippen molar-refractivity contribution >= 4 is 54.8 Å². The van der Waals surface area contributed by atoms with Crippen molar-refractivity contribution in [3.8, 4) is 5.75 Å². The molecular weight excluding hydrogens is 387 g/mol. The Morgan fingerprint density at radius 3 is 2.65 bits per heavy atom. The largest absolute Gasteiger partial charge is 0.496 e. The van der Waals surface area contributed by atoms with Crippen LogP contribution in [0.3, 0.4) is 0 Å². The van der Waals surface area contributed by atoms with Gasteiger partial charge in [-0.3, -0.25) is 0 Å². The van der Waals surface area contributed by atoms with Crippen LogP contribution in [0.25, 0.3) is 0 Å². The highest BCUT2D eigenvalue weighted by molar-refractivity contribution is 9.10. The molecule has 1 nitrogen and oxygen atoms in total. The standard InChI is InChI=1S/C12H9Br2ClOS/c1-16-9-6-7(13)2-3-8(9)12(14)10-4-5-11(15)17-10/h2-6,12H,1H3. The zero-order chi connectivity index (χ0) is 12.4. The molecule has 0 N–H and O–H groups in total. The predicted molar refractivity (Wildman–Crippen MR) is 80.8 cm³/mol. The third-order valence-corrected chi connectivity index (χ3v) is 5.39. The van der Waals surface area contributed by atoms with Gasteiger partial charge in [-0.05, 0) is 24.3 Å². The Morgan fingerprint density at radius 2 is 2.06 bits per heavy atom. The van der Waals surface area contributed by atoms with E-state index in [0.717, 1.165) is 25.0 Å². The van der Waals surface area contributed by atoms with Gasteiger partial charge in [0.05, 0.1) is 16.3 Å². The van der Waals surface area contributed by atoms with Crippen molar-refractivity contribution in [1.29, 1.82) is 0 Å². The quantitative estimate of drug-likeness (QED) is 0.609. The number of methoxy groups -OCH3 is 1. The van der Waals surface area contributed by atoms with Crippen LogP contribution in [0.4, 0.5) is 0 Å². The first-order chi connectivity index (χ1) is 8.11. The smallest absolute Gasteiger partial charge is 0.124 e. The third-order valence-electron chi connectivity index (χ3n) is 2.31. The second-order valence-electron chi connectivity index (χ2n) is 3.39. The van der Waals surface area contributed by atoms with Crippen LogP contribution in [0.5, 0.6) is 5.75 Å². The summed E-state index contributed by atoms with van der Waals surface area (Å²) in [5, 5.41) is 0. The van der Waals surface area contributed by atoms with Gasteiger partial charge in [0.25, 0.3) is 0 Å². The lowest BCUT2D eigenvalue weighted by atomic mass is 10.1. The topological polar surface area (TPSA) is 9.23 Å². The number of halogens is 3. The molecule has 0 saturated carbocycles. The van der Waals surface area contributed by atoms with Gasteiger partial charge in [-0.25, -0.2) is 0 Å². The molecule has 1 aromatic carbocycles. The molecule has 0 spiro atoms. The molecule has 0 aliphatic heterocycles. The number of rotatable bonds is 3. The molecule has 17 heavy (non-hydrogen) atoms. The monoisotopic (exact) mass is 394 g/mol. The summed E-state index contributed by atoms with van der Waals surface area (Å²) in [6.45, 7) is 0. The van der Waals surface area contributed by atoms with Crippen LogP contribution in [0.2, 0.25) is 4.34 Å². The number of benzene rings is 1. The molecule has 90 valence electrons. The van der Waals surface area contributed by atoms with E-state index in [1.807, 2.05) is 30.3 Å². The maximum absolute atomic E-state index is 5.95. The fourth-order valence-electron chi connectivity index (χ4n) is 1.51. The normalized spacial score (nSPS) is 12.5. The number of hydrogen-bond acceptors (Lipinski definition) is 2. The van der Waals surface area contributed by atoms with E-state index in [9.17, 15) is 0 Å². The second-order valence-corrected chi connectivity index (χ2v) is 6.97. The van der Waals surface area contributed by atoms with Gasteiger partial charge in [-0.2, -0.15) is 0 Å². The Kier molecular flexibility index (Phi) is 4.53. The number of hydrogen-bond donors (Lipinski definition) is 0. The van der Waals surface area contributed by atoms with Crippen molar-refractivity contribution in [3.05, 3.63) is 49.6 Å². The highest BCUT2D eigenvalue weighted by Gasteiger charge is 2.17. The third kappa shape index (κ3) is 3.05. The van der Waals surface area contributed by atoms with E-state index in [-0.39, 0.29) is 4.83 Å². The van der Waals surface area contributed by atoms with Gasteiger partial charge < -0.3 is 4.74 Å². The molecule has 2 rings (SSSR count). The van der Waals surface area contributed by atoms with Gasteiger partial charge >= 0.3 is 0 Å². The van der Waals surface area contributed by atoms with Gasteiger partial charge in [0, 0.05) is 14.9 Å². The first-order valence-corrected chi connectivity index (χ1v) is 7.75. The van der Waals surface area contributed by atoms with Crippen LogP contribution in [0, 0.1) is 0 Å². The Morgan fingerprint density at radius 1 is 1.29 bits per heavy atom. The second kappa shape index (κ2) is 5.74. The zero-order valence-corrected chi connectivity index (χ0v) is 13.7. The van der Waals surface area contributed by atoms with E-state index in [1.165, 1.54) is 0 Å². The SMILES string of the molecule is COc1cc(Br)ccc1C(Br)c1ccc(Cl)s1. The van der Waals surface area contributed by atoms with Crippen molar-refractivity contribution in [2.75, 3.05) is 7.11 Å². The van der Waals surface area contributed by atoms with E-state index < -0.39 is 0 Å². The van der Waals surface area contributed by atoms with Crippen molar-refractivity contribution in [2.45, 2.75) is 4.83 Å². The van der Waals surface area contributed by atoms with Crippen LogP contribution in [0.15, 0.2) is 34.8 Å². The lowest BCUT2D eigenvalue weighted by Crippen LogP contribution is -1.95. The molecule has 5 heteroatoms. The van der Waals surface area contributed by atoms with Crippen molar-refractivity contribution in [3.63, 3.8) is 0 Å². The molecular formula is C12H9Br2ClOS. The zero-order valence-electron chi connectivity index (χ0n) is 8.91. The van der Waals surface area contributed by atoms with Crippen LogP contribution >= 0.6 is 54.8 Å². The Labute approximate surface area is 126 Å². The summed E-state index contributed by atoms with van der Waals surface area (Å²) in [6, 6.07) is 9.92. The molecule has 0 aliphatic rings. The molecule has 0 saturated heterocycles. The van der Waals surface area contributed by atoms with Crippen LogP contribution in [-0.2, 0) is 0 Å². The highest BCUT2D eigenvalue weighted by atomic mass is 79.9. The van der Waals surface area contributed by atoms with E-state index >= 15 is 0 Å². The molecule has 0 amide bonds. The van der Waals surface area contributed by atoms with Gasteiger partial charge in [0.1, 0.15) is 5.75 Å². The first-order valence-electron chi connectivity index (χ1n) is 4.84. The van der Waals surface area contributed by atoms with Crippen LogP contribution in [-0.4, -0.2) is 7.11 Å². The van der Waals surface area contributed by atoms with E-state index in [4.69, 9.17) is 16.3 Å². The molecule has 2 aromatic rings. The average molecular weight is 397 g/mol. The summed E-state index contributed by atoms with van der Waals surface area (Å²) in [4.78, 5) is 1.26. The lowest BCUT2D eigenvalue weighted by Gasteiger charge is -2.13. The molecule has 1 heterocycles. The number of alkyl halides is 1. The maximum atomic E-state index is 5.95. The molecule has 0 bridgehead atoms. The van der Waals surface area contributed by atoms with Gasteiger partial charge in [0.2, 0.25) is 0 Å². The summed E-state index contributed by atoms with van der Waals surface area (Å²) in [6.07, 6.45) is 0. The molecule has 1 unspecified atom stereocenters. The van der Waals surface area contributed by atoms with Gasteiger partial charge in [-0.1, -0.05) is 49.5 Å². The van der Waals surface area contributed by atoms with Gasteiger partial charge in [0.15, 0.2) is 0 Å². The minimum absolute atomic E-state index is 0.100. The minimum atomic E-state index is 0.100. The van der Waals surface area contributed by atoms with Crippen molar-refractivity contribution in [2.24, 2.45) is 0 Å². The summed E-state index contributed by atoms with van der Waals surface area (Å²) in [5.41, 5.74) is 1.09. The fraction of sp³-hybridized carbons (Fsp3) is 0.167. The lowest BCUT2D eigenvalue weighted by molar-refractivity contribution is 0.410. The Hall–Kier alpha value is -0.0300. The molecule has 0 fully saturated rings. The highest BCUT2D eigenvalue weighted by Crippen LogP contribution is 2.41. The molecule has 1 atom stereocenters. The molecule has 0 aliphatic carbocycles. The summed E-state index contributed by atoms with van der Waals surface area (Å²) >= 11 is 14.6. The number of thiophene rings is 1. The van der Waals surface area contributed by atoms with Crippen molar-refractivity contribution < 1.29 is 4.74 Å². The van der Waals surface area contributed by atoms with Crippen LogP contribution in [0.1, 0.15) is 15.3 Å². The molecule has 1 aromatic heterocycles. The van der Waals surface area contributed by atoms with Crippen molar-refractivity contribution in [1.82, 2.24) is 0 Å². The van der Waals surface area contributed by atoms with E-state index in [1.54, 1.807) is 18.4 Å². The molecule has 0 radical (unpaired) electrons. The van der Waals surface area contributed by atoms with E-state index in [0.29, 0.717) is 0 Å². The summed E-state index contributed by atoms with van der Waals surface area (Å²) in [5.74, 6) is 0.853. The Bertz CT molecular complexity index is 527. The summed E-state index contributed by atoms with van der Waals surface area (Å²) < 4.78 is 7.18. The first kappa shape index (κ1) is 13.4. The van der Waals surface area contributed by atoms with E-state index in [2.05, 4.69) is 31.9 Å². The predicted octanol–water partition coefficient (Wildman–Crippen LogP) is 5.66. The maximum Gasteiger partial charge on any atom is 0.124 e. The average Bonchev–Trinajstić information content (AvgIpc) is 2.75. The van der Waals surface area contributed by atoms with Crippen LogP contribution < -0.4 is 4.74 Å². The fourth-order valence-corrected chi connectivity index (χ4v) is 3.72. The minimum Gasteiger partial charge on any atom is -0.496 e. The summed E-state index contributed by atoms with van der Waals surface area (Å²) in [7, 11) is 1.67. The Balaban J connectivity index is 2.39. The van der Waals surface area contributed by atoms with Gasteiger partial charge in [-0.15, -0.1) is 11.3 Å².